The van der Waals surface area contributed by atoms with Crippen LogP contribution in [-0.2, 0) is 19.9 Å². The average Bonchev–Trinajstić information content (AvgIpc) is 2.44. The predicted octanol–water partition coefficient (Wildman–Crippen LogP) is 0.369. The van der Waals surface area contributed by atoms with Gasteiger partial charge >= 0.3 is 33.2 Å². The van der Waals surface area contributed by atoms with Crippen LogP contribution in [-0.4, -0.2) is 19.0 Å². The van der Waals surface area contributed by atoms with Gasteiger partial charge in [0.25, 0.3) is 0 Å². The molecule has 1 rings (SSSR count). The van der Waals surface area contributed by atoms with Crippen LogP contribution in [0.3, 0.4) is 0 Å². The van der Waals surface area contributed by atoms with Crippen LogP contribution in [0.15, 0.2) is 0 Å². The third-order valence-corrected chi connectivity index (χ3v) is 5.78. The zero-order valence-electron chi connectivity index (χ0n) is 14.4. The molecule has 0 aromatic rings. The van der Waals surface area contributed by atoms with E-state index in [2.05, 4.69) is 47.1 Å². The molecule has 0 aromatic carbocycles. The summed E-state index contributed by atoms with van der Waals surface area (Å²) in [6.07, 6.45) is 14.9. The monoisotopic (exact) mass is 407 g/mol. The van der Waals surface area contributed by atoms with E-state index in [4.69, 9.17) is 0 Å². The molecule has 0 aromatic heterocycles. The topological polar surface area (TPSA) is 0 Å². The van der Waals surface area contributed by atoms with Crippen molar-refractivity contribution in [2.24, 2.45) is 5.41 Å². The van der Waals surface area contributed by atoms with E-state index in [9.17, 15) is 0 Å². The molecule has 0 aliphatic heterocycles. The fourth-order valence-electron chi connectivity index (χ4n) is 3.38. The molecular weight excluding hydrogens is 373 g/mol. The molecule has 0 saturated heterocycles. The number of hydrogen-bond acceptors (Lipinski definition) is 0. The van der Waals surface area contributed by atoms with Gasteiger partial charge < -0.3 is 24.8 Å². The van der Waals surface area contributed by atoms with Gasteiger partial charge in [0.15, 0.2) is 0 Å². The molecule has 1 saturated carbocycles. The average molecular weight is 408 g/mol. The maximum absolute atomic E-state index is 2.42. The molecule has 1 aliphatic carbocycles. The Kier molecular flexibility index (Phi) is 24.6. The first-order valence-corrected chi connectivity index (χ1v) is 13.6. The van der Waals surface area contributed by atoms with Crippen molar-refractivity contribution >= 4 is 15.2 Å². The molecule has 0 N–H and O–H groups in total. The van der Waals surface area contributed by atoms with Crippen molar-refractivity contribution in [2.75, 3.05) is 13.3 Å². The molecule has 21 heavy (non-hydrogen) atoms. The normalized spacial score (nSPS) is 20.8. The summed E-state index contributed by atoms with van der Waals surface area (Å²) in [5, 5.41) is 0. The predicted molar refractivity (Wildman–Crippen MR) is 92.2 cm³/mol. The summed E-state index contributed by atoms with van der Waals surface area (Å²) in [5.41, 5.74) is 1.83. The van der Waals surface area contributed by atoms with Crippen LogP contribution >= 0.6 is 15.2 Å². The molecule has 127 valence electrons. The molecule has 0 amide bonds. The number of rotatable bonds is 7. The van der Waals surface area contributed by atoms with Crippen molar-refractivity contribution in [3.05, 3.63) is 0 Å². The van der Waals surface area contributed by atoms with Gasteiger partial charge in [0.2, 0.25) is 0 Å². The van der Waals surface area contributed by atoms with Gasteiger partial charge in [-0.3, -0.25) is 0 Å². The van der Waals surface area contributed by atoms with Gasteiger partial charge in [-0.25, -0.2) is 0 Å². The van der Waals surface area contributed by atoms with Crippen molar-refractivity contribution in [3.8, 4) is 0 Å². The van der Waals surface area contributed by atoms with Crippen LogP contribution in [0.2, 0.25) is 0 Å². The van der Waals surface area contributed by atoms with E-state index in [0.717, 1.165) is 17.6 Å². The summed E-state index contributed by atoms with van der Waals surface area (Å²) in [4.78, 5) is 0. The molecular formula is C16H35Cl2P2Ti. The van der Waals surface area contributed by atoms with E-state index < -0.39 is 0 Å². The van der Waals surface area contributed by atoms with Crippen LogP contribution in [0.4, 0.5) is 0 Å². The first kappa shape index (κ1) is 28.0. The van der Waals surface area contributed by atoms with Crippen molar-refractivity contribution in [1.29, 1.82) is 0 Å². The second kappa shape index (κ2) is 18.5. The third kappa shape index (κ3) is 13.2. The van der Waals surface area contributed by atoms with E-state index in [1.165, 1.54) is 66.4 Å². The molecule has 1 fully saturated rings. The SMILES string of the molecule is CCCCC1(CCCC)CCCC(PC)C1.C[PH][Ti+2].[Cl-].[Cl-]. The summed E-state index contributed by atoms with van der Waals surface area (Å²) >= 11 is 2.15. The van der Waals surface area contributed by atoms with Crippen molar-refractivity contribution in [1.82, 2.24) is 0 Å². The second-order valence-electron chi connectivity index (χ2n) is 6.04. The summed E-state index contributed by atoms with van der Waals surface area (Å²) in [6, 6.07) is 0. The van der Waals surface area contributed by atoms with Gasteiger partial charge in [0.1, 0.15) is 0 Å². The van der Waals surface area contributed by atoms with Crippen molar-refractivity contribution in [2.45, 2.75) is 83.7 Å². The van der Waals surface area contributed by atoms with E-state index in [1.807, 2.05) is 0 Å². The Morgan fingerprint density at radius 3 is 1.90 bits per heavy atom. The molecule has 0 heterocycles. The third-order valence-electron chi connectivity index (χ3n) is 4.47. The van der Waals surface area contributed by atoms with E-state index in [1.54, 1.807) is 6.42 Å². The molecule has 3 atom stereocenters. The smallest absolute Gasteiger partial charge is 1.00 e. The van der Waals surface area contributed by atoms with Crippen LogP contribution < -0.4 is 24.8 Å². The zero-order chi connectivity index (χ0) is 14.6. The van der Waals surface area contributed by atoms with Gasteiger partial charge in [-0.1, -0.05) is 46.0 Å². The molecule has 0 radical (unpaired) electrons. The first-order chi connectivity index (χ1) is 9.17. The molecule has 5 heteroatoms. The van der Waals surface area contributed by atoms with Crippen molar-refractivity contribution in [3.63, 3.8) is 0 Å². The van der Waals surface area contributed by atoms with Crippen LogP contribution in [0, 0.1) is 5.41 Å². The molecule has 0 bridgehead atoms. The Morgan fingerprint density at radius 1 is 1.05 bits per heavy atom. The standard InChI is InChI=1S/C15H31P.CH4P.2ClH.Ti/c1-4-6-10-15(11-7-5-2)12-8-9-14(13-15)16-3;1-2;;;/h14,16H,4-13H2,1-3H3;2H,1H3;2*1H;/q;-1;;;+3/p-2. The maximum Gasteiger partial charge on any atom is -1.00 e. The van der Waals surface area contributed by atoms with Crippen LogP contribution in [0.1, 0.15) is 78.1 Å². The quantitative estimate of drug-likeness (QED) is 0.422. The minimum absolute atomic E-state index is 0. The molecule has 0 spiro atoms. The van der Waals surface area contributed by atoms with Gasteiger partial charge in [0.05, 0.1) is 0 Å². The first-order valence-electron chi connectivity index (χ1n) is 8.18. The summed E-state index contributed by atoms with van der Waals surface area (Å²) in [5.74, 6) is 0. The van der Waals surface area contributed by atoms with Crippen LogP contribution in [0.25, 0.3) is 0 Å². The largest absolute Gasteiger partial charge is 1.00 e. The summed E-state index contributed by atoms with van der Waals surface area (Å²) in [6.45, 7) is 10.3. The Bertz CT molecular complexity index is 199. The Morgan fingerprint density at radius 2 is 1.52 bits per heavy atom. The fourth-order valence-corrected chi connectivity index (χ4v) is 4.51. The maximum atomic E-state index is 2.42. The summed E-state index contributed by atoms with van der Waals surface area (Å²) in [7, 11) is 1.18. The van der Waals surface area contributed by atoms with E-state index in [-0.39, 0.29) is 24.8 Å². The minimum atomic E-state index is 0. The van der Waals surface area contributed by atoms with Gasteiger partial charge in [0, 0.05) is 0 Å². The number of hydrogen-bond donors (Lipinski definition) is 0. The van der Waals surface area contributed by atoms with Gasteiger partial charge in [-0.2, -0.15) is 0 Å². The van der Waals surface area contributed by atoms with Crippen LogP contribution in [0.5, 0.6) is 0 Å². The van der Waals surface area contributed by atoms with E-state index >= 15 is 0 Å². The Hall–Kier alpha value is 2.15. The summed E-state index contributed by atoms with van der Waals surface area (Å²) < 4.78 is 0. The zero-order valence-corrected chi connectivity index (χ0v) is 19.5. The number of halogens is 2. The number of unbranched alkanes of at least 4 members (excludes halogenated alkanes) is 2. The Labute approximate surface area is 161 Å². The fraction of sp³-hybridized carbons (Fsp3) is 1.00. The van der Waals surface area contributed by atoms with Gasteiger partial charge in [-0.15, -0.1) is 8.58 Å². The molecule has 1 aliphatic rings. The molecule has 3 unspecified atom stereocenters. The Balaban J connectivity index is -0.000000596. The molecule has 0 nitrogen and oxygen atoms in total. The second-order valence-corrected chi connectivity index (χ2v) is 10.3. The minimum Gasteiger partial charge on any atom is -1.00 e. The van der Waals surface area contributed by atoms with Gasteiger partial charge in [-0.05, 0) is 49.8 Å². The van der Waals surface area contributed by atoms with E-state index in [0.29, 0.717) is 0 Å². The van der Waals surface area contributed by atoms with Crippen molar-refractivity contribution < 1.29 is 44.7 Å².